The molecule has 2 aromatic rings. The van der Waals surface area contributed by atoms with Gasteiger partial charge in [0, 0.05) is 24.8 Å². The first-order chi connectivity index (χ1) is 9.66. The summed E-state index contributed by atoms with van der Waals surface area (Å²) >= 11 is 0. The molecule has 116 valence electrons. The molecule has 0 aliphatic carbocycles. The van der Waals surface area contributed by atoms with E-state index in [1.54, 1.807) is 0 Å². The number of benzene rings is 1. The van der Waals surface area contributed by atoms with Crippen molar-refractivity contribution in [3.63, 3.8) is 0 Å². The van der Waals surface area contributed by atoms with Crippen molar-refractivity contribution in [2.45, 2.75) is 66.6 Å². The van der Waals surface area contributed by atoms with Gasteiger partial charge >= 0.3 is 0 Å². The fraction of sp³-hybridized carbons (Fsp3) is 0.579. The zero-order valence-electron chi connectivity index (χ0n) is 14.5. The van der Waals surface area contributed by atoms with E-state index in [2.05, 4.69) is 81.9 Å². The number of para-hydroxylation sites is 1. The number of nitrogens with one attached hydrogen (secondary N) is 1. The van der Waals surface area contributed by atoms with E-state index in [0.717, 1.165) is 13.1 Å². The second-order valence-electron chi connectivity index (χ2n) is 8.28. The van der Waals surface area contributed by atoms with E-state index in [9.17, 15) is 0 Å². The predicted molar refractivity (Wildman–Crippen MR) is 92.6 cm³/mol. The number of hydrogen-bond acceptors (Lipinski definition) is 1. The molecule has 0 bridgehead atoms. The Morgan fingerprint density at radius 1 is 1.00 bits per heavy atom. The molecule has 1 aromatic heterocycles. The maximum Gasteiger partial charge on any atom is 0.0525 e. The summed E-state index contributed by atoms with van der Waals surface area (Å²) < 4.78 is 2.42. The molecule has 0 saturated carbocycles. The van der Waals surface area contributed by atoms with Gasteiger partial charge in [0.2, 0.25) is 0 Å². The van der Waals surface area contributed by atoms with Gasteiger partial charge < -0.3 is 9.88 Å². The zero-order chi connectivity index (χ0) is 15.7. The first kappa shape index (κ1) is 16.1. The van der Waals surface area contributed by atoms with Crippen molar-refractivity contribution in [2.24, 2.45) is 5.41 Å². The van der Waals surface area contributed by atoms with Gasteiger partial charge in [-0.25, -0.2) is 0 Å². The molecule has 0 atom stereocenters. The van der Waals surface area contributed by atoms with Crippen LogP contribution in [0.5, 0.6) is 0 Å². The van der Waals surface area contributed by atoms with E-state index in [1.165, 1.54) is 22.9 Å². The normalized spacial score (nSPS) is 13.0. The Kier molecular flexibility index (Phi) is 4.48. The minimum absolute atomic E-state index is 0.144. The Morgan fingerprint density at radius 3 is 2.33 bits per heavy atom. The molecule has 2 nitrogen and oxygen atoms in total. The molecule has 1 aromatic carbocycles. The highest BCUT2D eigenvalue weighted by atomic mass is 15.0. The summed E-state index contributed by atoms with van der Waals surface area (Å²) in [5, 5.41) is 4.95. The number of hydrogen-bond donors (Lipinski definition) is 1. The molecule has 0 amide bonds. The summed E-state index contributed by atoms with van der Waals surface area (Å²) in [6, 6.07) is 8.85. The van der Waals surface area contributed by atoms with Gasteiger partial charge in [0.25, 0.3) is 0 Å². The monoisotopic (exact) mass is 286 g/mol. The van der Waals surface area contributed by atoms with Crippen LogP contribution in [0.2, 0.25) is 0 Å². The summed E-state index contributed by atoms with van der Waals surface area (Å²) in [5.74, 6) is 0. The Labute approximate surface area is 129 Å². The zero-order valence-corrected chi connectivity index (χ0v) is 14.5. The lowest BCUT2D eigenvalue weighted by molar-refractivity contribution is 0.353. The van der Waals surface area contributed by atoms with E-state index >= 15 is 0 Å². The largest absolute Gasteiger partial charge is 0.347 e. The minimum Gasteiger partial charge on any atom is -0.347 e. The Bertz CT molecular complexity index is 594. The number of aryl methyl sites for hydroxylation is 1. The average molecular weight is 286 g/mol. The molecule has 0 aliphatic rings. The predicted octanol–water partition coefficient (Wildman–Crippen LogP) is 4.97. The van der Waals surface area contributed by atoms with Crippen molar-refractivity contribution in [3.05, 3.63) is 36.0 Å². The van der Waals surface area contributed by atoms with Crippen molar-refractivity contribution in [3.8, 4) is 0 Å². The molecule has 0 spiro atoms. The molecule has 0 unspecified atom stereocenters. The SMILES string of the molecule is CC(C)(C)CCn1ccc2cccc(CNC(C)(C)C)c21. The van der Waals surface area contributed by atoms with Crippen molar-refractivity contribution in [1.29, 1.82) is 0 Å². The summed E-state index contributed by atoms with van der Waals surface area (Å²) in [6.07, 6.45) is 3.43. The van der Waals surface area contributed by atoms with Crippen LogP contribution in [0.3, 0.4) is 0 Å². The first-order valence-electron chi connectivity index (χ1n) is 7.97. The van der Waals surface area contributed by atoms with Gasteiger partial charge in [-0.15, -0.1) is 0 Å². The number of nitrogens with zero attached hydrogens (tertiary/aromatic N) is 1. The average Bonchev–Trinajstić information content (AvgIpc) is 2.76. The van der Waals surface area contributed by atoms with E-state index in [0.29, 0.717) is 5.41 Å². The Hall–Kier alpha value is -1.28. The van der Waals surface area contributed by atoms with Gasteiger partial charge in [-0.05, 0) is 49.6 Å². The maximum atomic E-state index is 3.61. The third-order valence-electron chi connectivity index (χ3n) is 3.78. The van der Waals surface area contributed by atoms with E-state index in [1.807, 2.05) is 0 Å². The van der Waals surface area contributed by atoms with Gasteiger partial charge in [0.15, 0.2) is 0 Å². The lowest BCUT2D eigenvalue weighted by Gasteiger charge is -2.22. The van der Waals surface area contributed by atoms with E-state index in [4.69, 9.17) is 0 Å². The van der Waals surface area contributed by atoms with Crippen LogP contribution in [-0.2, 0) is 13.1 Å². The maximum absolute atomic E-state index is 3.61. The molecule has 0 fully saturated rings. The Balaban J connectivity index is 2.27. The molecule has 2 heteroatoms. The van der Waals surface area contributed by atoms with Crippen LogP contribution in [0.15, 0.2) is 30.5 Å². The molecule has 21 heavy (non-hydrogen) atoms. The molecular formula is C19H30N2. The highest BCUT2D eigenvalue weighted by molar-refractivity contribution is 5.83. The summed E-state index contributed by atoms with van der Waals surface area (Å²) in [5.41, 5.74) is 3.29. The van der Waals surface area contributed by atoms with Crippen LogP contribution in [0.25, 0.3) is 10.9 Å². The van der Waals surface area contributed by atoms with E-state index < -0.39 is 0 Å². The molecule has 1 heterocycles. The van der Waals surface area contributed by atoms with Crippen LogP contribution in [0.4, 0.5) is 0 Å². The van der Waals surface area contributed by atoms with Crippen LogP contribution < -0.4 is 5.32 Å². The van der Waals surface area contributed by atoms with Crippen LogP contribution in [0.1, 0.15) is 53.5 Å². The third kappa shape index (κ3) is 4.60. The molecule has 0 saturated heterocycles. The summed E-state index contributed by atoms with van der Waals surface area (Å²) in [6.45, 7) is 15.6. The minimum atomic E-state index is 0.144. The fourth-order valence-corrected chi connectivity index (χ4v) is 2.49. The van der Waals surface area contributed by atoms with Crippen molar-refractivity contribution >= 4 is 10.9 Å². The quantitative estimate of drug-likeness (QED) is 0.840. The second-order valence-corrected chi connectivity index (χ2v) is 8.28. The third-order valence-corrected chi connectivity index (χ3v) is 3.78. The van der Waals surface area contributed by atoms with Crippen LogP contribution in [0, 0.1) is 5.41 Å². The lowest BCUT2D eigenvalue weighted by Crippen LogP contribution is -2.35. The van der Waals surface area contributed by atoms with Gasteiger partial charge in [-0.3, -0.25) is 0 Å². The number of rotatable bonds is 4. The number of aromatic nitrogens is 1. The van der Waals surface area contributed by atoms with Gasteiger partial charge in [-0.1, -0.05) is 39.0 Å². The van der Waals surface area contributed by atoms with Crippen LogP contribution >= 0.6 is 0 Å². The molecule has 0 radical (unpaired) electrons. The summed E-state index contributed by atoms with van der Waals surface area (Å²) in [4.78, 5) is 0. The second kappa shape index (κ2) is 5.84. The lowest BCUT2D eigenvalue weighted by atomic mass is 9.92. The Morgan fingerprint density at radius 2 is 1.71 bits per heavy atom. The van der Waals surface area contributed by atoms with Crippen molar-refractivity contribution in [1.82, 2.24) is 9.88 Å². The molecule has 1 N–H and O–H groups in total. The molecule has 2 rings (SSSR count). The van der Waals surface area contributed by atoms with Gasteiger partial charge in [0.1, 0.15) is 0 Å². The highest BCUT2D eigenvalue weighted by Crippen LogP contribution is 2.25. The van der Waals surface area contributed by atoms with Gasteiger partial charge in [-0.2, -0.15) is 0 Å². The van der Waals surface area contributed by atoms with E-state index in [-0.39, 0.29) is 5.54 Å². The molecule has 0 aliphatic heterocycles. The molecular weight excluding hydrogens is 256 g/mol. The van der Waals surface area contributed by atoms with Gasteiger partial charge in [0.05, 0.1) is 5.52 Å². The first-order valence-corrected chi connectivity index (χ1v) is 7.97. The standard InChI is InChI=1S/C19H30N2/c1-18(2,3)11-13-21-12-10-15-8-7-9-16(17(15)21)14-20-19(4,5)6/h7-10,12,20H,11,13-14H2,1-6H3. The highest BCUT2D eigenvalue weighted by Gasteiger charge is 2.14. The van der Waals surface area contributed by atoms with Crippen molar-refractivity contribution in [2.75, 3.05) is 0 Å². The topological polar surface area (TPSA) is 17.0 Å². The fourth-order valence-electron chi connectivity index (χ4n) is 2.49. The van der Waals surface area contributed by atoms with Crippen LogP contribution in [-0.4, -0.2) is 10.1 Å². The van der Waals surface area contributed by atoms with Crippen molar-refractivity contribution < 1.29 is 0 Å². The smallest absolute Gasteiger partial charge is 0.0525 e. The summed E-state index contributed by atoms with van der Waals surface area (Å²) in [7, 11) is 0. The number of fused-ring (bicyclic) bond motifs is 1.